The maximum Gasteiger partial charge on any atom is 0.0156 e. The lowest BCUT2D eigenvalue weighted by Crippen LogP contribution is -2.55. The van der Waals surface area contributed by atoms with Crippen LogP contribution in [0, 0.1) is 11.8 Å². The number of nitrogens with zero attached hydrogens (tertiary/aromatic N) is 3. The molecule has 3 aliphatic heterocycles. The van der Waals surface area contributed by atoms with E-state index in [0.717, 1.165) is 11.8 Å². The van der Waals surface area contributed by atoms with E-state index in [9.17, 15) is 0 Å². The molecule has 0 aromatic rings. The third-order valence-electron chi connectivity index (χ3n) is 7.90. The third kappa shape index (κ3) is 5.28. The number of hydrogen-bond donors (Lipinski definition) is 0. The van der Waals surface area contributed by atoms with Crippen molar-refractivity contribution in [1.29, 1.82) is 0 Å². The minimum atomic E-state index is 0.331. The Morgan fingerprint density at radius 2 is 1.11 bits per heavy atom. The molecule has 0 aliphatic carbocycles. The van der Waals surface area contributed by atoms with Gasteiger partial charge in [-0.1, -0.05) is 0 Å². The molecule has 3 nitrogen and oxygen atoms in total. The summed E-state index contributed by atoms with van der Waals surface area (Å²) in [6.45, 7) is 25.0. The van der Waals surface area contributed by atoms with E-state index in [4.69, 9.17) is 0 Å². The van der Waals surface area contributed by atoms with Crippen LogP contribution in [0.25, 0.3) is 0 Å². The Bertz CT molecular complexity index is 486. The summed E-state index contributed by atoms with van der Waals surface area (Å²) in [5, 5.41) is 0. The monoisotopic (exact) mass is 377 g/mol. The molecule has 0 aromatic heterocycles. The topological polar surface area (TPSA) is 9.72 Å². The van der Waals surface area contributed by atoms with Crippen molar-refractivity contribution in [3.63, 3.8) is 0 Å². The normalized spacial score (nSPS) is 29.9. The fourth-order valence-corrected chi connectivity index (χ4v) is 5.98. The molecular weight excluding hydrogens is 330 g/mol. The van der Waals surface area contributed by atoms with Gasteiger partial charge in [-0.05, 0) is 125 Å². The Morgan fingerprint density at radius 3 is 1.63 bits per heavy atom. The lowest BCUT2D eigenvalue weighted by molar-refractivity contribution is 0.00326. The van der Waals surface area contributed by atoms with Crippen LogP contribution in [0.2, 0.25) is 0 Å². The van der Waals surface area contributed by atoms with Gasteiger partial charge in [-0.25, -0.2) is 0 Å². The zero-order valence-corrected chi connectivity index (χ0v) is 19.5. The van der Waals surface area contributed by atoms with Crippen LogP contribution in [-0.4, -0.2) is 70.6 Å². The molecule has 3 rings (SSSR count). The number of likely N-dealkylation sites (tertiary alicyclic amines) is 3. The first-order valence-electron chi connectivity index (χ1n) is 11.7. The van der Waals surface area contributed by atoms with Crippen LogP contribution in [0.15, 0.2) is 0 Å². The van der Waals surface area contributed by atoms with Gasteiger partial charge in [-0.3, -0.25) is 14.7 Å². The highest BCUT2D eigenvalue weighted by Crippen LogP contribution is 2.37. The van der Waals surface area contributed by atoms with Gasteiger partial charge in [-0.2, -0.15) is 0 Å². The van der Waals surface area contributed by atoms with E-state index in [0.29, 0.717) is 16.6 Å². The van der Waals surface area contributed by atoms with Crippen LogP contribution in [0.1, 0.15) is 87.0 Å². The molecule has 3 heterocycles. The molecule has 0 amide bonds. The summed E-state index contributed by atoms with van der Waals surface area (Å²) in [6, 6.07) is 0. The Morgan fingerprint density at radius 1 is 0.593 bits per heavy atom. The van der Waals surface area contributed by atoms with Gasteiger partial charge < -0.3 is 0 Å². The molecule has 0 bridgehead atoms. The summed E-state index contributed by atoms with van der Waals surface area (Å²) in [5.74, 6) is 1.75. The minimum Gasteiger partial charge on any atom is -0.298 e. The van der Waals surface area contributed by atoms with Crippen LogP contribution < -0.4 is 0 Å². The van der Waals surface area contributed by atoms with Crippen molar-refractivity contribution >= 4 is 0 Å². The SMILES string of the molecule is CC(C)(C)N1CCC(CC(C)(C)N2CCCC(CC(C)(C)N3CCC3)C2)C1. The number of piperidine rings is 1. The van der Waals surface area contributed by atoms with Gasteiger partial charge in [0.15, 0.2) is 0 Å². The average molecular weight is 378 g/mol. The molecule has 2 atom stereocenters. The average Bonchev–Trinajstić information content (AvgIpc) is 2.92. The van der Waals surface area contributed by atoms with Gasteiger partial charge in [0.1, 0.15) is 0 Å². The smallest absolute Gasteiger partial charge is 0.0156 e. The summed E-state index contributed by atoms with van der Waals surface area (Å²) < 4.78 is 0. The molecule has 3 heteroatoms. The van der Waals surface area contributed by atoms with Crippen molar-refractivity contribution in [1.82, 2.24) is 14.7 Å². The molecule has 3 fully saturated rings. The zero-order valence-electron chi connectivity index (χ0n) is 19.5. The molecule has 0 saturated carbocycles. The first-order valence-corrected chi connectivity index (χ1v) is 11.7. The quantitative estimate of drug-likeness (QED) is 0.654. The van der Waals surface area contributed by atoms with Crippen molar-refractivity contribution in [3.05, 3.63) is 0 Å². The van der Waals surface area contributed by atoms with E-state index in [1.165, 1.54) is 77.8 Å². The Kier molecular flexibility index (Phi) is 6.36. The Balaban J connectivity index is 1.53. The van der Waals surface area contributed by atoms with Gasteiger partial charge in [0.05, 0.1) is 0 Å². The second-order valence-corrected chi connectivity index (χ2v) is 12.1. The lowest BCUT2D eigenvalue weighted by atomic mass is 9.80. The van der Waals surface area contributed by atoms with Crippen LogP contribution in [0.5, 0.6) is 0 Å². The lowest BCUT2D eigenvalue weighted by Gasteiger charge is -2.49. The van der Waals surface area contributed by atoms with E-state index >= 15 is 0 Å². The summed E-state index contributed by atoms with van der Waals surface area (Å²) >= 11 is 0. The largest absolute Gasteiger partial charge is 0.298 e. The maximum atomic E-state index is 2.85. The van der Waals surface area contributed by atoms with Crippen molar-refractivity contribution < 1.29 is 0 Å². The first kappa shape index (κ1) is 21.6. The third-order valence-corrected chi connectivity index (χ3v) is 7.90. The van der Waals surface area contributed by atoms with Gasteiger partial charge >= 0.3 is 0 Å². The van der Waals surface area contributed by atoms with Gasteiger partial charge in [-0.15, -0.1) is 0 Å². The summed E-state index contributed by atoms with van der Waals surface area (Å²) in [4.78, 5) is 8.26. The Labute approximate surface area is 169 Å². The molecule has 2 unspecified atom stereocenters. The highest BCUT2D eigenvalue weighted by atomic mass is 15.2. The van der Waals surface area contributed by atoms with E-state index in [1.54, 1.807) is 0 Å². The fourth-order valence-electron chi connectivity index (χ4n) is 5.98. The van der Waals surface area contributed by atoms with E-state index in [-0.39, 0.29) is 0 Å². The highest BCUT2D eigenvalue weighted by molar-refractivity contribution is 4.95. The summed E-state index contributed by atoms with van der Waals surface area (Å²) in [6.07, 6.45) is 8.36. The fraction of sp³-hybridized carbons (Fsp3) is 1.00. The van der Waals surface area contributed by atoms with Crippen LogP contribution >= 0.6 is 0 Å². The highest BCUT2D eigenvalue weighted by Gasteiger charge is 2.39. The second kappa shape index (κ2) is 7.95. The van der Waals surface area contributed by atoms with Crippen LogP contribution in [0.4, 0.5) is 0 Å². The molecule has 0 N–H and O–H groups in total. The number of hydrogen-bond acceptors (Lipinski definition) is 3. The molecule has 0 aromatic carbocycles. The van der Waals surface area contributed by atoms with E-state index in [2.05, 4.69) is 63.2 Å². The molecule has 27 heavy (non-hydrogen) atoms. The Hall–Kier alpha value is -0.120. The molecule has 0 radical (unpaired) electrons. The second-order valence-electron chi connectivity index (χ2n) is 12.1. The van der Waals surface area contributed by atoms with Crippen molar-refractivity contribution in [2.75, 3.05) is 39.3 Å². The van der Waals surface area contributed by atoms with Gasteiger partial charge in [0, 0.05) is 29.7 Å². The molecular formula is C24H47N3. The number of rotatable bonds is 6. The maximum absolute atomic E-state index is 2.85. The molecule has 0 spiro atoms. The summed E-state index contributed by atoms with van der Waals surface area (Å²) in [5.41, 5.74) is 1.07. The minimum absolute atomic E-state index is 0.331. The van der Waals surface area contributed by atoms with E-state index in [1.807, 2.05) is 0 Å². The predicted octanol–water partition coefficient (Wildman–Crippen LogP) is 4.86. The van der Waals surface area contributed by atoms with Crippen LogP contribution in [0.3, 0.4) is 0 Å². The predicted molar refractivity (Wildman–Crippen MR) is 117 cm³/mol. The van der Waals surface area contributed by atoms with Crippen LogP contribution in [-0.2, 0) is 0 Å². The first-order chi connectivity index (χ1) is 12.5. The standard InChI is InChI=1S/C24H47N3/c1-22(2,3)26-15-11-21(18-26)17-24(6,7)27-12-8-10-20(19-27)16-23(4,5)25-13-9-14-25/h20-21H,8-19H2,1-7H3. The van der Waals surface area contributed by atoms with Crippen molar-refractivity contribution in [3.8, 4) is 0 Å². The molecule has 3 saturated heterocycles. The van der Waals surface area contributed by atoms with Crippen molar-refractivity contribution in [2.45, 2.75) is 104 Å². The summed E-state index contributed by atoms with van der Waals surface area (Å²) in [7, 11) is 0. The van der Waals surface area contributed by atoms with Gasteiger partial charge in [0.25, 0.3) is 0 Å². The molecule has 3 aliphatic rings. The van der Waals surface area contributed by atoms with E-state index < -0.39 is 0 Å². The van der Waals surface area contributed by atoms with Crippen molar-refractivity contribution in [2.24, 2.45) is 11.8 Å². The van der Waals surface area contributed by atoms with Gasteiger partial charge in [0.2, 0.25) is 0 Å². The zero-order chi connectivity index (χ0) is 19.9. The molecule has 158 valence electrons.